The van der Waals surface area contributed by atoms with Crippen molar-refractivity contribution in [2.45, 2.75) is 50.3 Å². The predicted molar refractivity (Wildman–Crippen MR) is 118 cm³/mol. The third kappa shape index (κ3) is 4.19. The summed E-state index contributed by atoms with van der Waals surface area (Å²) in [5.74, 6) is -0.948. The SMILES string of the molecule is O=C(O)c1ccc(-c2ccc([C@H]3CC34CCN(C(=O)[C@H]3CCCO3)CC4)cc2)c(C(F)(F)F)c1. The van der Waals surface area contributed by atoms with Gasteiger partial charge in [-0.15, -0.1) is 0 Å². The van der Waals surface area contributed by atoms with E-state index >= 15 is 0 Å². The highest BCUT2D eigenvalue weighted by atomic mass is 19.4. The zero-order valence-corrected chi connectivity index (χ0v) is 18.6. The molecule has 5 nitrogen and oxygen atoms in total. The van der Waals surface area contributed by atoms with Crippen LogP contribution in [0.25, 0.3) is 11.1 Å². The summed E-state index contributed by atoms with van der Waals surface area (Å²) in [7, 11) is 0. The maximum Gasteiger partial charge on any atom is 0.417 e. The van der Waals surface area contributed by atoms with E-state index in [0.717, 1.165) is 50.8 Å². The van der Waals surface area contributed by atoms with Crippen LogP contribution in [0.1, 0.15) is 59.5 Å². The third-order valence-corrected chi connectivity index (χ3v) is 7.66. The Morgan fingerprint density at radius 3 is 2.35 bits per heavy atom. The minimum Gasteiger partial charge on any atom is -0.478 e. The summed E-state index contributed by atoms with van der Waals surface area (Å²) in [4.78, 5) is 25.6. The van der Waals surface area contributed by atoms with Crippen molar-refractivity contribution in [3.8, 4) is 11.1 Å². The van der Waals surface area contributed by atoms with Gasteiger partial charge in [0.05, 0.1) is 11.1 Å². The van der Waals surface area contributed by atoms with Crippen LogP contribution in [0, 0.1) is 5.41 Å². The molecule has 180 valence electrons. The summed E-state index contributed by atoms with van der Waals surface area (Å²) < 4.78 is 46.3. The van der Waals surface area contributed by atoms with E-state index in [4.69, 9.17) is 9.84 Å². The zero-order valence-electron chi connectivity index (χ0n) is 18.6. The average Bonchev–Trinajstić information content (AvgIpc) is 3.24. The molecule has 1 spiro atoms. The number of likely N-dealkylation sites (tertiary alicyclic amines) is 1. The molecular formula is C26H26F3NO4. The number of carbonyl (C=O) groups excluding carboxylic acids is 1. The van der Waals surface area contributed by atoms with Crippen LogP contribution in [0.15, 0.2) is 42.5 Å². The van der Waals surface area contributed by atoms with Gasteiger partial charge < -0.3 is 14.7 Å². The maximum atomic E-state index is 13.6. The van der Waals surface area contributed by atoms with Gasteiger partial charge in [-0.05, 0) is 72.3 Å². The first-order valence-electron chi connectivity index (χ1n) is 11.6. The number of amides is 1. The minimum atomic E-state index is -4.66. The second-order valence-electron chi connectivity index (χ2n) is 9.63. The van der Waals surface area contributed by atoms with E-state index in [1.54, 1.807) is 12.1 Å². The van der Waals surface area contributed by atoms with Crippen LogP contribution >= 0.6 is 0 Å². The highest BCUT2D eigenvalue weighted by Gasteiger charge is 2.55. The first-order valence-corrected chi connectivity index (χ1v) is 11.6. The molecule has 2 heterocycles. The maximum absolute atomic E-state index is 13.6. The van der Waals surface area contributed by atoms with E-state index in [1.807, 2.05) is 17.0 Å². The van der Waals surface area contributed by atoms with Crippen LogP contribution in [0.4, 0.5) is 13.2 Å². The molecule has 3 aliphatic rings. The van der Waals surface area contributed by atoms with E-state index in [-0.39, 0.29) is 23.0 Å². The number of benzene rings is 2. The monoisotopic (exact) mass is 473 g/mol. The third-order valence-electron chi connectivity index (χ3n) is 7.66. The van der Waals surface area contributed by atoms with E-state index in [0.29, 0.717) is 24.2 Å². The van der Waals surface area contributed by atoms with Gasteiger partial charge in [-0.2, -0.15) is 13.2 Å². The van der Waals surface area contributed by atoms with Gasteiger partial charge in [-0.1, -0.05) is 30.3 Å². The van der Waals surface area contributed by atoms with Gasteiger partial charge in [0, 0.05) is 19.7 Å². The van der Waals surface area contributed by atoms with Gasteiger partial charge in [0.15, 0.2) is 0 Å². The van der Waals surface area contributed by atoms with Crippen LogP contribution < -0.4 is 0 Å². The molecule has 0 unspecified atom stereocenters. The normalized spacial score (nSPS) is 23.8. The second kappa shape index (κ2) is 8.41. The molecule has 8 heteroatoms. The lowest BCUT2D eigenvalue weighted by molar-refractivity contribution is -0.142. The van der Waals surface area contributed by atoms with Crippen LogP contribution in [-0.2, 0) is 15.7 Å². The Morgan fingerprint density at radius 1 is 1.06 bits per heavy atom. The molecule has 0 radical (unpaired) electrons. The van der Waals surface area contributed by atoms with Crippen molar-refractivity contribution in [3.05, 3.63) is 59.2 Å². The zero-order chi connectivity index (χ0) is 24.1. The number of alkyl halides is 3. The highest BCUT2D eigenvalue weighted by molar-refractivity contribution is 5.89. The van der Waals surface area contributed by atoms with Gasteiger partial charge in [-0.3, -0.25) is 4.79 Å². The Hall–Kier alpha value is -2.87. The quantitative estimate of drug-likeness (QED) is 0.651. The van der Waals surface area contributed by atoms with Crippen molar-refractivity contribution in [1.82, 2.24) is 4.90 Å². The van der Waals surface area contributed by atoms with Crippen molar-refractivity contribution in [3.63, 3.8) is 0 Å². The largest absolute Gasteiger partial charge is 0.478 e. The lowest BCUT2D eigenvalue weighted by Gasteiger charge is -2.34. The lowest BCUT2D eigenvalue weighted by Crippen LogP contribution is -2.44. The van der Waals surface area contributed by atoms with Gasteiger partial charge in [0.2, 0.25) is 0 Å². The topological polar surface area (TPSA) is 66.8 Å². The van der Waals surface area contributed by atoms with Crippen LogP contribution in [-0.4, -0.2) is 47.7 Å². The standard InChI is InChI=1S/C26H26F3NO4/c27-26(28,29)20-14-18(24(32)33)7-8-19(20)16-3-5-17(6-4-16)21-15-25(21)9-11-30(12-10-25)23(31)22-2-1-13-34-22/h3-8,14,21-22H,1-2,9-13,15H2,(H,32,33)/t21-,22-/m1/s1. The summed E-state index contributed by atoms with van der Waals surface area (Å²) in [5.41, 5.74) is 0.284. The Morgan fingerprint density at radius 2 is 1.76 bits per heavy atom. The van der Waals surface area contributed by atoms with Gasteiger partial charge in [-0.25, -0.2) is 4.79 Å². The Kier molecular flexibility index (Phi) is 5.67. The number of nitrogens with zero attached hydrogens (tertiary/aromatic N) is 1. The molecule has 34 heavy (non-hydrogen) atoms. The van der Waals surface area contributed by atoms with Crippen molar-refractivity contribution >= 4 is 11.9 Å². The Bertz CT molecular complexity index is 1100. The molecular weight excluding hydrogens is 447 g/mol. The number of carboxylic acids is 1. The summed E-state index contributed by atoms with van der Waals surface area (Å²) in [6.07, 6.45) is -0.350. The molecule has 2 aromatic rings. The van der Waals surface area contributed by atoms with E-state index in [1.165, 1.54) is 12.1 Å². The van der Waals surface area contributed by atoms with Crippen molar-refractivity contribution in [2.24, 2.45) is 5.41 Å². The fourth-order valence-electron chi connectivity index (χ4n) is 5.58. The molecule has 1 saturated carbocycles. The van der Waals surface area contributed by atoms with Gasteiger partial charge >= 0.3 is 12.1 Å². The van der Waals surface area contributed by atoms with Crippen LogP contribution in [0.3, 0.4) is 0 Å². The van der Waals surface area contributed by atoms with Crippen LogP contribution in [0.2, 0.25) is 0 Å². The Labute approximate surface area is 195 Å². The lowest BCUT2D eigenvalue weighted by atomic mass is 9.88. The molecule has 1 N–H and O–H groups in total. The molecule has 1 amide bonds. The summed E-state index contributed by atoms with van der Waals surface area (Å²) in [6, 6.07) is 10.2. The number of aromatic carboxylic acids is 1. The molecule has 5 rings (SSSR count). The number of halogens is 3. The average molecular weight is 473 g/mol. The number of carbonyl (C=O) groups is 2. The summed E-state index contributed by atoms with van der Waals surface area (Å²) >= 11 is 0. The van der Waals surface area contributed by atoms with E-state index < -0.39 is 23.3 Å². The number of rotatable bonds is 4. The van der Waals surface area contributed by atoms with Crippen molar-refractivity contribution in [2.75, 3.05) is 19.7 Å². The predicted octanol–water partition coefficient (Wildman–Crippen LogP) is 5.35. The second-order valence-corrected chi connectivity index (χ2v) is 9.63. The molecule has 2 aliphatic heterocycles. The van der Waals surface area contributed by atoms with Crippen molar-refractivity contribution in [1.29, 1.82) is 0 Å². The molecule has 2 atom stereocenters. The smallest absolute Gasteiger partial charge is 0.417 e. The molecule has 0 aromatic heterocycles. The Balaban J connectivity index is 1.28. The molecule has 2 aromatic carbocycles. The number of ether oxygens (including phenoxy) is 1. The van der Waals surface area contributed by atoms with Gasteiger partial charge in [0.1, 0.15) is 6.10 Å². The molecule has 2 saturated heterocycles. The van der Waals surface area contributed by atoms with E-state index in [2.05, 4.69) is 0 Å². The number of piperidine rings is 1. The molecule has 3 fully saturated rings. The molecule has 1 aliphatic carbocycles. The van der Waals surface area contributed by atoms with Crippen molar-refractivity contribution < 1.29 is 32.6 Å². The fraction of sp³-hybridized carbons (Fsp3) is 0.462. The number of hydrogen-bond acceptors (Lipinski definition) is 3. The number of carboxylic acid groups (broad SMARTS) is 1. The minimum absolute atomic E-state index is 0.0319. The first kappa shape index (κ1) is 22.9. The summed E-state index contributed by atoms with van der Waals surface area (Å²) in [6.45, 7) is 2.09. The fourth-order valence-corrected chi connectivity index (χ4v) is 5.58. The van der Waals surface area contributed by atoms with Gasteiger partial charge in [0.25, 0.3) is 5.91 Å². The van der Waals surface area contributed by atoms with E-state index in [9.17, 15) is 22.8 Å². The highest BCUT2D eigenvalue weighted by Crippen LogP contribution is 2.65. The van der Waals surface area contributed by atoms with Crippen LogP contribution in [0.5, 0.6) is 0 Å². The molecule has 0 bridgehead atoms. The first-order chi connectivity index (χ1) is 16.2. The number of hydrogen-bond donors (Lipinski definition) is 1. The summed E-state index contributed by atoms with van der Waals surface area (Å²) in [5, 5.41) is 9.07.